The van der Waals surface area contributed by atoms with Crippen molar-refractivity contribution in [2.45, 2.75) is 27.2 Å². The molecule has 138 valence electrons. The smallest absolute Gasteiger partial charge is 0.308 e. The van der Waals surface area contributed by atoms with Gasteiger partial charge in [0.25, 0.3) is 5.91 Å². The summed E-state index contributed by atoms with van der Waals surface area (Å²) in [5.74, 6) is -2.28. The predicted molar refractivity (Wildman–Crippen MR) is 93.8 cm³/mol. The number of hydrogen-bond acceptors (Lipinski definition) is 3. The molecule has 2 unspecified atom stereocenters. The Balaban J connectivity index is 1.85. The first-order chi connectivity index (χ1) is 12.3. The third kappa shape index (κ3) is 3.47. The number of likely N-dealkylation sites (tertiary alicyclic amines) is 1. The third-order valence-corrected chi connectivity index (χ3v) is 4.73. The summed E-state index contributed by atoms with van der Waals surface area (Å²) in [6, 6.07) is 6.14. The van der Waals surface area contributed by atoms with Gasteiger partial charge in [-0.2, -0.15) is 5.10 Å². The van der Waals surface area contributed by atoms with E-state index in [1.54, 1.807) is 6.07 Å². The van der Waals surface area contributed by atoms with Gasteiger partial charge in [0.2, 0.25) is 0 Å². The molecule has 0 radical (unpaired) electrons. The molecular weight excluding hydrogens is 337 g/mol. The minimum Gasteiger partial charge on any atom is -0.481 e. The van der Waals surface area contributed by atoms with Crippen LogP contribution >= 0.6 is 0 Å². The number of hydrogen-bond donors (Lipinski definition) is 1. The Morgan fingerprint density at radius 3 is 2.54 bits per heavy atom. The van der Waals surface area contributed by atoms with E-state index < -0.39 is 17.7 Å². The highest BCUT2D eigenvalue weighted by Crippen LogP contribution is 2.24. The average Bonchev–Trinajstić information content (AvgIpc) is 2.91. The number of benzene rings is 1. The highest BCUT2D eigenvalue weighted by Gasteiger charge is 2.32. The lowest BCUT2D eigenvalue weighted by Crippen LogP contribution is -2.45. The summed E-state index contributed by atoms with van der Waals surface area (Å²) < 4.78 is 16.1. The molecule has 2 aromatic rings. The summed E-state index contributed by atoms with van der Waals surface area (Å²) in [6.45, 7) is 6.21. The van der Waals surface area contributed by atoms with E-state index in [0.29, 0.717) is 13.0 Å². The van der Waals surface area contributed by atoms with Crippen LogP contribution in [0.25, 0.3) is 5.69 Å². The summed E-state index contributed by atoms with van der Waals surface area (Å²) in [5, 5.41) is 13.5. The van der Waals surface area contributed by atoms with E-state index in [1.807, 2.05) is 26.8 Å². The van der Waals surface area contributed by atoms with Crippen LogP contribution in [0.2, 0.25) is 0 Å². The van der Waals surface area contributed by atoms with Crippen LogP contribution in [0.1, 0.15) is 35.1 Å². The molecule has 1 aromatic heterocycles. The molecule has 26 heavy (non-hydrogen) atoms. The molecule has 3 rings (SSSR count). The number of carboxylic acids is 1. The third-order valence-electron chi connectivity index (χ3n) is 4.73. The van der Waals surface area contributed by atoms with Crippen LogP contribution in [0.4, 0.5) is 4.39 Å². The van der Waals surface area contributed by atoms with Gasteiger partial charge in [-0.3, -0.25) is 9.59 Å². The Bertz CT molecular complexity index is 862. The van der Waals surface area contributed by atoms with Crippen molar-refractivity contribution < 1.29 is 19.1 Å². The minimum atomic E-state index is -0.902. The Morgan fingerprint density at radius 1 is 1.23 bits per heavy atom. The number of aromatic nitrogens is 2. The number of carbonyl (C=O) groups excluding carboxylic acids is 1. The van der Waals surface area contributed by atoms with Crippen LogP contribution in [0.5, 0.6) is 0 Å². The first-order valence-electron chi connectivity index (χ1n) is 8.61. The molecule has 1 aliphatic rings. The summed E-state index contributed by atoms with van der Waals surface area (Å²) >= 11 is 0. The number of carboxylic acid groups (broad SMARTS) is 1. The number of amides is 1. The fourth-order valence-corrected chi connectivity index (χ4v) is 3.56. The number of aliphatic carboxylic acids is 1. The standard InChI is InChI=1S/C19H22FN3O3/c1-11-6-15(19(25)26)10-22(9-11)18(24)14-4-5-17(16(20)8-14)23-13(3)7-12(2)21-23/h4-5,7-8,11,15H,6,9-10H2,1-3H3,(H,25,26). The molecule has 1 fully saturated rings. The van der Waals surface area contributed by atoms with Crippen molar-refractivity contribution in [3.8, 4) is 5.69 Å². The highest BCUT2D eigenvalue weighted by atomic mass is 19.1. The van der Waals surface area contributed by atoms with Crippen molar-refractivity contribution in [2.75, 3.05) is 13.1 Å². The van der Waals surface area contributed by atoms with Gasteiger partial charge in [0.05, 0.1) is 11.6 Å². The topological polar surface area (TPSA) is 75.4 Å². The molecule has 1 aliphatic heterocycles. The fraction of sp³-hybridized carbons (Fsp3) is 0.421. The van der Waals surface area contributed by atoms with Gasteiger partial charge in [-0.25, -0.2) is 9.07 Å². The van der Waals surface area contributed by atoms with Crippen LogP contribution in [-0.4, -0.2) is 44.8 Å². The summed E-state index contributed by atoms with van der Waals surface area (Å²) in [5.41, 5.74) is 2.08. The van der Waals surface area contributed by atoms with E-state index in [4.69, 9.17) is 0 Å². The maximum atomic E-state index is 14.6. The van der Waals surface area contributed by atoms with Crippen molar-refractivity contribution in [2.24, 2.45) is 11.8 Å². The minimum absolute atomic E-state index is 0.0904. The van der Waals surface area contributed by atoms with Crippen molar-refractivity contribution in [1.29, 1.82) is 0 Å². The average molecular weight is 359 g/mol. The number of piperidine rings is 1. The van der Waals surface area contributed by atoms with E-state index in [-0.39, 0.29) is 29.6 Å². The van der Waals surface area contributed by atoms with E-state index in [9.17, 15) is 19.1 Å². The van der Waals surface area contributed by atoms with Crippen molar-refractivity contribution >= 4 is 11.9 Å². The quantitative estimate of drug-likeness (QED) is 0.914. The van der Waals surface area contributed by atoms with Crippen LogP contribution < -0.4 is 0 Å². The molecule has 2 atom stereocenters. The number of aryl methyl sites for hydroxylation is 2. The molecule has 0 spiro atoms. The molecule has 6 nitrogen and oxygen atoms in total. The second-order valence-electron chi connectivity index (χ2n) is 7.09. The molecule has 1 amide bonds. The van der Waals surface area contributed by atoms with Gasteiger partial charge in [0.1, 0.15) is 11.5 Å². The Labute approximate surface area is 151 Å². The lowest BCUT2D eigenvalue weighted by molar-refractivity contribution is -0.143. The number of carbonyl (C=O) groups is 2. The second-order valence-corrected chi connectivity index (χ2v) is 7.09. The van der Waals surface area contributed by atoms with Gasteiger partial charge in [-0.15, -0.1) is 0 Å². The maximum absolute atomic E-state index is 14.6. The SMILES string of the molecule is Cc1cc(C)n(-c2ccc(C(=O)N3CC(C)CC(C(=O)O)C3)cc2F)n1. The normalized spacial score (nSPS) is 20.2. The number of halogens is 1. The first-order valence-corrected chi connectivity index (χ1v) is 8.61. The van der Waals surface area contributed by atoms with Gasteiger partial charge >= 0.3 is 5.97 Å². The Hall–Kier alpha value is -2.70. The second kappa shape index (κ2) is 6.90. The molecule has 0 aliphatic carbocycles. The molecular formula is C19H22FN3O3. The van der Waals surface area contributed by atoms with Gasteiger partial charge in [0, 0.05) is 24.3 Å². The monoisotopic (exact) mass is 359 g/mol. The molecule has 1 aromatic carbocycles. The van der Waals surface area contributed by atoms with E-state index >= 15 is 0 Å². The molecule has 1 N–H and O–H groups in total. The zero-order valence-corrected chi connectivity index (χ0v) is 15.1. The highest BCUT2D eigenvalue weighted by molar-refractivity contribution is 5.94. The van der Waals surface area contributed by atoms with E-state index in [1.165, 1.54) is 21.7 Å². The molecule has 1 saturated heterocycles. The predicted octanol–water partition coefficient (Wildman–Crippen LogP) is 2.81. The molecule has 2 heterocycles. The van der Waals surface area contributed by atoms with Gasteiger partial charge in [0.15, 0.2) is 0 Å². The van der Waals surface area contributed by atoms with Crippen molar-refractivity contribution in [3.05, 3.63) is 47.0 Å². The van der Waals surface area contributed by atoms with Crippen LogP contribution in [-0.2, 0) is 4.79 Å². The molecule has 0 bridgehead atoms. The Kier molecular flexibility index (Phi) is 4.80. The summed E-state index contributed by atoms with van der Waals surface area (Å²) in [6.07, 6.45) is 0.546. The number of nitrogens with zero attached hydrogens (tertiary/aromatic N) is 3. The Morgan fingerprint density at radius 2 is 1.96 bits per heavy atom. The van der Waals surface area contributed by atoms with E-state index in [2.05, 4.69) is 5.10 Å². The largest absolute Gasteiger partial charge is 0.481 e. The van der Waals surface area contributed by atoms with Crippen molar-refractivity contribution in [1.82, 2.24) is 14.7 Å². The zero-order chi connectivity index (χ0) is 19.0. The van der Waals surface area contributed by atoms with Gasteiger partial charge < -0.3 is 10.0 Å². The van der Waals surface area contributed by atoms with Crippen LogP contribution in [0, 0.1) is 31.5 Å². The van der Waals surface area contributed by atoms with Crippen LogP contribution in [0.3, 0.4) is 0 Å². The first kappa shape index (κ1) is 18.1. The summed E-state index contributed by atoms with van der Waals surface area (Å²) in [4.78, 5) is 25.5. The van der Waals surface area contributed by atoms with Crippen molar-refractivity contribution in [3.63, 3.8) is 0 Å². The maximum Gasteiger partial charge on any atom is 0.308 e. The van der Waals surface area contributed by atoms with Gasteiger partial charge in [-0.1, -0.05) is 6.92 Å². The number of rotatable bonds is 3. The van der Waals surface area contributed by atoms with E-state index in [0.717, 1.165) is 11.4 Å². The molecule has 0 saturated carbocycles. The summed E-state index contributed by atoms with van der Waals surface area (Å²) in [7, 11) is 0. The zero-order valence-electron chi connectivity index (χ0n) is 15.1. The van der Waals surface area contributed by atoms with Gasteiger partial charge in [-0.05, 0) is 50.5 Å². The fourth-order valence-electron chi connectivity index (χ4n) is 3.56. The van der Waals surface area contributed by atoms with Crippen LogP contribution in [0.15, 0.2) is 24.3 Å². The molecule has 7 heteroatoms. The lowest BCUT2D eigenvalue weighted by atomic mass is 9.90. The lowest BCUT2D eigenvalue weighted by Gasteiger charge is -2.34.